The molecule has 2 aliphatic heterocycles. The van der Waals surface area contributed by atoms with Crippen LogP contribution in [0.3, 0.4) is 0 Å². The van der Waals surface area contributed by atoms with Crippen LogP contribution in [0.2, 0.25) is 0 Å². The molecule has 1 saturated carbocycles. The highest BCUT2D eigenvalue weighted by Crippen LogP contribution is 2.72. The van der Waals surface area contributed by atoms with Crippen LogP contribution in [-0.4, -0.2) is 43.1 Å². The number of ether oxygens (including phenoxy) is 3. The molecule has 180 valence electrons. The molecule has 0 amide bonds. The van der Waals surface area contributed by atoms with E-state index < -0.39 is 40.3 Å². The van der Waals surface area contributed by atoms with Crippen molar-refractivity contribution >= 4 is 17.7 Å². The topological polar surface area (TPSA) is 92.0 Å². The van der Waals surface area contributed by atoms with Crippen LogP contribution in [0, 0.1) is 28.1 Å². The van der Waals surface area contributed by atoms with Crippen LogP contribution in [0.25, 0.3) is 0 Å². The molecule has 0 N–H and O–H groups in total. The van der Waals surface area contributed by atoms with Gasteiger partial charge in [0.1, 0.15) is 12.2 Å². The average molecular weight is 467 g/mol. The molecule has 7 nitrogen and oxygen atoms in total. The molecule has 7 heteroatoms. The summed E-state index contributed by atoms with van der Waals surface area (Å²) in [4.78, 5) is 39.6. The van der Waals surface area contributed by atoms with E-state index in [-0.39, 0.29) is 36.2 Å². The summed E-state index contributed by atoms with van der Waals surface area (Å²) in [6, 6.07) is 1.97. The summed E-state index contributed by atoms with van der Waals surface area (Å²) in [7, 11) is 1.37. The van der Waals surface area contributed by atoms with Gasteiger partial charge >= 0.3 is 11.9 Å². The van der Waals surface area contributed by atoms with Crippen molar-refractivity contribution in [3.05, 3.63) is 47.5 Å². The molecule has 9 atom stereocenters. The van der Waals surface area contributed by atoms with Gasteiger partial charge in [-0.05, 0) is 49.5 Å². The smallest absolute Gasteiger partial charge is 0.316 e. The Morgan fingerprint density at radius 2 is 1.97 bits per heavy atom. The Kier molecular flexibility index (Phi) is 4.31. The number of hydrogen-bond acceptors (Lipinski definition) is 7. The minimum atomic E-state index is -0.987. The van der Waals surface area contributed by atoms with Crippen molar-refractivity contribution in [2.45, 2.75) is 64.8 Å². The van der Waals surface area contributed by atoms with Gasteiger partial charge in [-0.3, -0.25) is 14.4 Å². The van der Waals surface area contributed by atoms with Gasteiger partial charge in [0.05, 0.1) is 37.6 Å². The van der Waals surface area contributed by atoms with E-state index in [9.17, 15) is 14.4 Å². The summed E-state index contributed by atoms with van der Waals surface area (Å²) in [5.41, 5.74) is 0.794. The van der Waals surface area contributed by atoms with Gasteiger partial charge in [-0.25, -0.2) is 0 Å². The van der Waals surface area contributed by atoms with Crippen LogP contribution in [0.1, 0.15) is 52.0 Å². The second-order valence-corrected chi connectivity index (χ2v) is 11.2. The van der Waals surface area contributed by atoms with E-state index in [1.54, 1.807) is 18.6 Å². The van der Waals surface area contributed by atoms with Crippen molar-refractivity contribution < 1.29 is 33.0 Å². The van der Waals surface area contributed by atoms with Crippen molar-refractivity contribution in [1.29, 1.82) is 0 Å². The Morgan fingerprint density at radius 3 is 2.65 bits per heavy atom. The third-order valence-electron chi connectivity index (χ3n) is 9.91. The monoisotopic (exact) mass is 466 g/mol. The lowest BCUT2D eigenvalue weighted by Gasteiger charge is -2.59. The lowest BCUT2D eigenvalue weighted by atomic mass is 9.42. The molecule has 3 heterocycles. The Bertz CT molecular complexity index is 1160. The highest BCUT2D eigenvalue weighted by molar-refractivity contribution is 6.00. The number of carbonyl (C=O) groups is 3. The van der Waals surface area contributed by atoms with Gasteiger partial charge in [0.15, 0.2) is 5.78 Å². The van der Waals surface area contributed by atoms with Crippen LogP contribution in [-0.2, 0) is 28.6 Å². The van der Waals surface area contributed by atoms with Gasteiger partial charge in [0.25, 0.3) is 0 Å². The van der Waals surface area contributed by atoms with Crippen LogP contribution >= 0.6 is 0 Å². The van der Waals surface area contributed by atoms with Crippen molar-refractivity contribution in [2.24, 2.45) is 28.1 Å². The number of methoxy groups -OCH3 is 1. The average Bonchev–Trinajstić information content (AvgIpc) is 3.54. The molecule has 6 rings (SSSR count). The fourth-order valence-corrected chi connectivity index (χ4v) is 8.41. The van der Waals surface area contributed by atoms with Gasteiger partial charge in [-0.2, -0.15) is 0 Å². The van der Waals surface area contributed by atoms with Crippen molar-refractivity contribution in [2.75, 3.05) is 7.11 Å². The van der Waals surface area contributed by atoms with Crippen molar-refractivity contribution in [3.8, 4) is 0 Å². The summed E-state index contributed by atoms with van der Waals surface area (Å²) in [6.07, 6.45) is 6.29. The Morgan fingerprint density at radius 1 is 1.21 bits per heavy atom. The zero-order valence-corrected chi connectivity index (χ0v) is 20.1. The largest absolute Gasteiger partial charge is 0.472 e. The number of esters is 2. The first-order valence-electron chi connectivity index (χ1n) is 12.0. The van der Waals surface area contributed by atoms with Gasteiger partial charge in [-0.1, -0.05) is 25.5 Å². The van der Waals surface area contributed by atoms with Crippen LogP contribution in [0.4, 0.5) is 0 Å². The predicted molar refractivity (Wildman–Crippen MR) is 119 cm³/mol. The van der Waals surface area contributed by atoms with E-state index in [2.05, 4.69) is 13.8 Å². The van der Waals surface area contributed by atoms with Gasteiger partial charge in [0, 0.05) is 22.7 Å². The van der Waals surface area contributed by atoms with Crippen molar-refractivity contribution in [3.63, 3.8) is 0 Å². The molecule has 0 bridgehead atoms. The lowest BCUT2D eigenvalue weighted by molar-refractivity contribution is -0.190. The number of hydrogen-bond donors (Lipinski definition) is 0. The second-order valence-electron chi connectivity index (χ2n) is 11.2. The van der Waals surface area contributed by atoms with E-state index in [0.717, 1.165) is 17.6 Å². The van der Waals surface area contributed by atoms with E-state index in [4.69, 9.17) is 18.6 Å². The zero-order chi connectivity index (χ0) is 24.2. The van der Waals surface area contributed by atoms with E-state index in [1.807, 2.05) is 19.9 Å². The number of carbonyl (C=O) groups excluding carboxylic acids is 3. The van der Waals surface area contributed by atoms with Crippen molar-refractivity contribution in [1.82, 2.24) is 0 Å². The number of furan rings is 1. The Balaban J connectivity index is 1.58. The minimum Gasteiger partial charge on any atom is -0.472 e. The molecule has 0 unspecified atom stereocenters. The second kappa shape index (κ2) is 6.72. The normalized spacial score (nSPS) is 46.3. The maximum absolute atomic E-state index is 13.7. The molecular formula is C27H30O7. The third-order valence-corrected chi connectivity index (χ3v) is 9.91. The quantitative estimate of drug-likeness (QED) is 0.495. The lowest BCUT2D eigenvalue weighted by Crippen LogP contribution is -2.66. The number of allylic oxidation sites excluding steroid dienone is 2. The standard InChI is InChI=1S/C27H30O7/c1-13-15(14-7-9-32-12-14)10-16-20(13)27(4)17(11-19(29)31-5)26(3)18(28)6-8-25(2)22(26)21(23(27)33-16)34-24(25)30/h6-9,12,15-17,21-23H,10-11H2,1-5H3/t15-,16+,17+,21-,22+,23-,25+,26-,27+/m0/s1. The Hall–Kier alpha value is -2.67. The number of ketones is 1. The molecule has 5 aliphatic rings. The molecule has 0 spiro atoms. The van der Waals surface area contributed by atoms with E-state index in [0.29, 0.717) is 0 Å². The van der Waals surface area contributed by atoms with Crippen LogP contribution in [0.5, 0.6) is 0 Å². The first kappa shape index (κ1) is 21.8. The fourth-order valence-electron chi connectivity index (χ4n) is 8.41. The number of rotatable bonds is 3. The Labute approximate surface area is 198 Å². The van der Waals surface area contributed by atoms with Gasteiger partial charge in [-0.15, -0.1) is 0 Å². The highest BCUT2D eigenvalue weighted by Gasteiger charge is 2.77. The molecule has 0 aromatic carbocycles. The highest BCUT2D eigenvalue weighted by atomic mass is 16.6. The summed E-state index contributed by atoms with van der Waals surface area (Å²) in [5.74, 6) is -1.46. The van der Waals surface area contributed by atoms with Gasteiger partial charge < -0.3 is 18.6 Å². The molecular weight excluding hydrogens is 436 g/mol. The minimum absolute atomic E-state index is 0.0658. The molecule has 0 radical (unpaired) electrons. The van der Waals surface area contributed by atoms with Crippen LogP contribution in [0.15, 0.2) is 46.3 Å². The molecule has 1 aromatic rings. The maximum Gasteiger partial charge on any atom is 0.316 e. The molecule has 2 saturated heterocycles. The molecule has 1 aromatic heterocycles. The summed E-state index contributed by atoms with van der Waals surface area (Å²) in [6.45, 7) is 7.96. The summed E-state index contributed by atoms with van der Waals surface area (Å²) < 4.78 is 23.2. The maximum atomic E-state index is 13.7. The predicted octanol–water partition coefficient (Wildman–Crippen LogP) is 3.74. The van der Waals surface area contributed by atoms with Crippen LogP contribution < -0.4 is 0 Å². The first-order valence-corrected chi connectivity index (χ1v) is 12.0. The van der Waals surface area contributed by atoms with E-state index >= 15 is 0 Å². The molecule has 3 fully saturated rings. The third kappa shape index (κ3) is 2.34. The summed E-state index contributed by atoms with van der Waals surface area (Å²) in [5, 5.41) is 0. The summed E-state index contributed by atoms with van der Waals surface area (Å²) >= 11 is 0. The van der Waals surface area contributed by atoms with E-state index in [1.165, 1.54) is 18.8 Å². The SMILES string of the molecule is COC(=O)C[C@H]1[C@]2(C)C3=C(C)[C@@H](c4ccoc4)C[C@H]3O[C@H]2[C@H]2OC(=O)[C@]3(C)C=CC(=O)[C@@]1(C)[C@H]23. The molecule has 34 heavy (non-hydrogen) atoms. The first-order chi connectivity index (χ1) is 16.1. The van der Waals surface area contributed by atoms with Gasteiger partial charge in [0.2, 0.25) is 0 Å². The fraction of sp³-hybridized carbons (Fsp3) is 0.593. The molecule has 3 aliphatic carbocycles. The zero-order valence-electron chi connectivity index (χ0n) is 20.1. The number of fused-ring (bicyclic) bond motifs is 4.